The molecule has 5 nitrogen and oxygen atoms in total. The molecule has 0 saturated heterocycles. The molecule has 0 unspecified atom stereocenters. The zero-order chi connectivity index (χ0) is 16.3. The number of hydrogen-bond donors (Lipinski definition) is 2. The van der Waals surface area contributed by atoms with Crippen molar-refractivity contribution in [3.05, 3.63) is 60.1 Å². The van der Waals surface area contributed by atoms with Crippen LogP contribution in [0.1, 0.15) is 35.9 Å². The van der Waals surface area contributed by atoms with E-state index < -0.39 is 6.04 Å². The number of carbonyl (C=O) groups excluding carboxylic acids is 2. The second kappa shape index (κ2) is 6.28. The highest BCUT2D eigenvalue weighted by molar-refractivity contribution is 5.95. The Kier molecular flexibility index (Phi) is 4.19. The van der Waals surface area contributed by atoms with Gasteiger partial charge in [0.25, 0.3) is 5.91 Å². The van der Waals surface area contributed by atoms with Gasteiger partial charge in [-0.1, -0.05) is 30.3 Å². The predicted molar refractivity (Wildman–Crippen MR) is 86.0 cm³/mol. The molecule has 2 N–H and O–H groups in total. The minimum absolute atomic E-state index is 0.0572. The molecule has 1 atom stereocenters. The van der Waals surface area contributed by atoms with Crippen molar-refractivity contribution in [3.63, 3.8) is 0 Å². The molecule has 1 aliphatic rings. The number of furan rings is 1. The predicted octanol–water partition coefficient (Wildman–Crippen LogP) is 2.25. The number of hydrogen-bond acceptors (Lipinski definition) is 3. The van der Waals surface area contributed by atoms with Crippen molar-refractivity contribution in [1.29, 1.82) is 0 Å². The molecule has 23 heavy (non-hydrogen) atoms. The molecule has 3 rings (SSSR count). The summed E-state index contributed by atoms with van der Waals surface area (Å²) in [6.45, 7) is 2.26. The minimum Gasteiger partial charge on any atom is -0.459 e. The van der Waals surface area contributed by atoms with Crippen molar-refractivity contribution in [2.45, 2.75) is 31.2 Å². The van der Waals surface area contributed by atoms with Gasteiger partial charge < -0.3 is 15.1 Å². The van der Waals surface area contributed by atoms with Crippen molar-refractivity contribution in [2.75, 3.05) is 6.54 Å². The maximum absolute atomic E-state index is 12.2. The van der Waals surface area contributed by atoms with Gasteiger partial charge >= 0.3 is 0 Å². The lowest BCUT2D eigenvalue weighted by molar-refractivity contribution is -0.122. The molecule has 2 aromatic rings. The average Bonchev–Trinajstić information content (AvgIpc) is 3.16. The molecule has 1 aromatic heterocycles. The van der Waals surface area contributed by atoms with Crippen molar-refractivity contribution in [3.8, 4) is 0 Å². The molecular formula is C18H20N2O3. The van der Waals surface area contributed by atoms with Crippen LogP contribution in [0.15, 0.2) is 53.1 Å². The van der Waals surface area contributed by atoms with E-state index in [4.69, 9.17) is 4.42 Å². The third-order valence-electron chi connectivity index (χ3n) is 4.33. The molecule has 0 radical (unpaired) electrons. The van der Waals surface area contributed by atoms with E-state index in [-0.39, 0.29) is 23.0 Å². The summed E-state index contributed by atoms with van der Waals surface area (Å²) in [7, 11) is 0. The summed E-state index contributed by atoms with van der Waals surface area (Å²) in [5.74, 6) is -0.374. The van der Waals surface area contributed by atoms with Crippen LogP contribution in [0.3, 0.4) is 0 Å². The van der Waals surface area contributed by atoms with Crippen LogP contribution >= 0.6 is 0 Å². The Morgan fingerprint density at radius 1 is 1.17 bits per heavy atom. The van der Waals surface area contributed by atoms with E-state index in [1.165, 1.54) is 11.8 Å². The summed E-state index contributed by atoms with van der Waals surface area (Å²) >= 11 is 0. The fourth-order valence-electron chi connectivity index (χ4n) is 2.66. The van der Waals surface area contributed by atoms with Crippen LogP contribution in [0.25, 0.3) is 0 Å². The Bertz CT molecular complexity index is 676. The van der Waals surface area contributed by atoms with E-state index in [1.54, 1.807) is 19.1 Å². The largest absolute Gasteiger partial charge is 0.459 e. The summed E-state index contributed by atoms with van der Waals surface area (Å²) in [5, 5.41) is 5.58. The molecule has 1 fully saturated rings. The SMILES string of the molecule is C[C@H](NC(=O)c1ccco1)C(=O)NCC1(c2ccccc2)CC1. The molecule has 0 spiro atoms. The third kappa shape index (κ3) is 3.44. The molecule has 1 aromatic carbocycles. The maximum Gasteiger partial charge on any atom is 0.287 e. The van der Waals surface area contributed by atoms with Crippen LogP contribution < -0.4 is 10.6 Å². The maximum atomic E-state index is 12.2. The second-order valence-electron chi connectivity index (χ2n) is 6.04. The first-order chi connectivity index (χ1) is 11.1. The van der Waals surface area contributed by atoms with E-state index >= 15 is 0 Å². The highest BCUT2D eigenvalue weighted by Gasteiger charge is 2.44. The quantitative estimate of drug-likeness (QED) is 0.859. The summed E-state index contributed by atoms with van der Waals surface area (Å²) in [5.41, 5.74) is 1.31. The first kappa shape index (κ1) is 15.3. The fraction of sp³-hybridized carbons (Fsp3) is 0.333. The Hall–Kier alpha value is -2.56. The topological polar surface area (TPSA) is 71.3 Å². The van der Waals surface area contributed by atoms with Gasteiger partial charge in [-0.05, 0) is 37.5 Å². The average molecular weight is 312 g/mol. The van der Waals surface area contributed by atoms with Gasteiger partial charge in [0, 0.05) is 12.0 Å². The van der Waals surface area contributed by atoms with Crippen molar-refractivity contribution in [1.82, 2.24) is 10.6 Å². The lowest BCUT2D eigenvalue weighted by Gasteiger charge is -2.19. The van der Waals surface area contributed by atoms with Crippen molar-refractivity contribution >= 4 is 11.8 Å². The first-order valence-electron chi connectivity index (χ1n) is 7.78. The van der Waals surface area contributed by atoms with Crippen LogP contribution in [0.2, 0.25) is 0 Å². The van der Waals surface area contributed by atoms with Crippen LogP contribution in [-0.2, 0) is 10.2 Å². The van der Waals surface area contributed by atoms with E-state index in [2.05, 4.69) is 22.8 Å². The lowest BCUT2D eigenvalue weighted by atomic mass is 9.96. The van der Waals surface area contributed by atoms with Crippen molar-refractivity contribution < 1.29 is 14.0 Å². The third-order valence-corrected chi connectivity index (χ3v) is 4.33. The van der Waals surface area contributed by atoms with Gasteiger partial charge in [0.05, 0.1) is 6.26 Å². The Balaban J connectivity index is 1.52. The highest BCUT2D eigenvalue weighted by atomic mass is 16.3. The normalized spacial score (nSPS) is 16.4. The van der Waals surface area contributed by atoms with Gasteiger partial charge in [0.15, 0.2) is 5.76 Å². The summed E-state index contributed by atoms with van der Waals surface area (Å²) in [4.78, 5) is 24.1. The smallest absolute Gasteiger partial charge is 0.287 e. The Morgan fingerprint density at radius 3 is 2.52 bits per heavy atom. The first-order valence-corrected chi connectivity index (χ1v) is 7.78. The van der Waals surface area contributed by atoms with E-state index in [9.17, 15) is 9.59 Å². The molecule has 1 saturated carbocycles. The molecule has 0 aliphatic heterocycles. The van der Waals surface area contributed by atoms with Gasteiger partial charge in [-0.15, -0.1) is 0 Å². The number of amides is 2. The van der Waals surface area contributed by atoms with Gasteiger partial charge in [-0.2, -0.15) is 0 Å². The zero-order valence-electron chi connectivity index (χ0n) is 13.0. The zero-order valence-corrected chi connectivity index (χ0v) is 13.0. The summed E-state index contributed by atoms with van der Waals surface area (Å²) in [6.07, 6.45) is 3.57. The molecule has 1 aliphatic carbocycles. The monoisotopic (exact) mass is 312 g/mol. The summed E-state index contributed by atoms with van der Waals surface area (Å²) < 4.78 is 5.01. The summed E-state index contributed by atoms with van der Waals surface area (Å²) in [6, 6.07) is 12.8. The molecule has 5 heteroatoms. The number of carbonyl (C=O) groups is 2. The Morgan fingerprint density at radius 2 is 1.91 bits per heavy atom. The van der Waals surface area contributed by atoms with Crippen LogP contribution in [-0.4, -0.2) is 24.4 Å². The van der Waals surface area contributed by atoms with E-state index in [1.807, 2.05) is 18.2 Å². The molecule has 0 bridgehead atoms. The number of nitrogens with one attached hydrogen (secondary N) is 2. The number of benzene rings is 1. The van der Waals surface area contributed by atoms with Gasteiger partial charge in [-0.25, -0.2) is 0 Å². The molecular weight excluding hydrogens is 292 g/mol. The van der Waals surface area contributed by atoms with Crippen LogP contribution in [0, 0.1) is 0 Å². The lowest BCUT2D eigenvalue weighted by Crippen LogP contribution is -2.46. The fourth-order valence-corrected chi connectivity index (χ4v) is 2.66. The van der Waals surface area contributed by atoms with Gasteiger partial charge in [0.2, 0.25) is 5.91 Å². The van der Waals surface area contributed by atoms with Gasteiger partial charge in [0.1, 0.15) is 6.04 Å². The van der Waals surface area contributed by atoms with E-state index in [0.717, 1.165) is 12.8 Å². The Labute approximate surface area is 135 Å². The van der Waals surface area contributed by atoms with Gasteiger partial charge in [-0.3, -0.25) is 9.59 Å². The highest BCUT2D eigenvalue weighted by Crippen LogP contribution is 2.47. The van der Waals surface area contributed by atoms with Crippen molar-refractivity contribution in [2.24, 2.45) is 0 Å². The van der Waals surface area contributed by atoms with E-state index in [0.29, 0.717) is 6.54 Å². The number of rotatable bonds is 6. The molecule has 120 valence electrons. The molecule has 1 heterocycles. The minimum atomic E-state index is -0.612. The molecule has 2 amide bonds. The van der Waals surface area contributed by atoms with Crippen LogP contribution in [0.4, 0.5) is 0 Å². The second-order valence-corrected chi connectivity index (χ2v) is 6.04. The standard InChI is InChI=1S/C18H20N2O3/c1-13(20-17(22)15-8-5-11-23-15)16(21)19-12-18(9-10-18)14-6-3-2-4-7-14/h2-8,11,13H,9-10,12H2,1H3,(H,19,21)(H,20,22)/t13-/m0/s1. The van der Waals surface area contributed by atoms with Crippen LogP contribution in [0.5, 0.6) is 0 Å².